The first kappa shape index (κ1) is 9.72. The van der Waals surface area contributed by atoms with Crippen molar-refractivity contribution in [2.75, 3.05) is 7.05 Å². The fourth-order valence-electron chi connectivity index (χ4n) is 1.50. The number of rotatable bonds is 3. The van der Waals surface area contributed by atoms with E-state index in [2.05, 4.69) is 25.6 Å². The van der Waals surface area contributed by atoms with Crippen molar-refractivity contribution in [2.45, 2.75) is 6.04 Å². The average molecular weight is 204 g/mol. The van der Waals surface area contributed by atoms with Crippen molar-refractivity contribution in [1.29, 1.82) is 0 Å². The molecule has 6 nitrogen and oxygen atoms in total. The van der Waals surface area contributed by atoms with Gasteiger partial charge in [0.05, 0.1) is 17.9 Å². The van der Waals surface area contributed by atoms with Crippen LogP contribution >= 0.6 is 0 Å². The van der Waals surface area contributed by atoms with Crippen LogP contribution in [0.4, 0.5) is 0 Å². The lowest BCUT2D eigenvalue weighted by atomic mass is 10.1. The quantitative estimate of drug-likeness (QED) is 0.757. The zero-order valence-corrected chi connectivity index (χ0v) is 8.62. The van der Waals surface area contributed by atoms with Crippen LogP contribution in [0.25, 0.3) is 0 Å². The number of aromatic nitrogens is 5. The molecule has 78 valence electrons. The first-order valence-corrected chi connectivity index (χ1v) is 4.59. The molecule has 0 saturated heterocycles. The Morgan fingerprint density at radius 1 is 1.27 bits per heavy atom. The van der Waals surface area contributed by atoms with Crippen LogP contribution in [-0.4, -0.2) is 32.0 Å². The molecular formula is C9H12N6. The minimum absolute atomic E-state index is 0.0196. The maximum Gasteiger partial charge on any atom is 0.115 e. The molecule has 1 atom stereocenters. The van der Waals surface area contributed by atoms with E-state index < -0.39 is 0 Å². The maximum atomic E-state index is 3.99. The van der Waals surface area contributed by atoms with Gasteiger partial charge >= 0.3 is 0 Å². The molecule has 2 aromatic rings. The topological polar surface area (TPSA) is 68.5 Å². The number of nitrogens with zero attached hydrogens (tertiary/aromatic N) is 5. The lowest BCUT2D eigenvalue weighted by Crippen LogP contribution is -2.20. The highest BCUT2D eigenvalue weighted by atomic mass is 15.4. The summed E-state index contributed by atoms with van der Waals surface area (Å²) in [5.41, 5.74) is 1.97. The Balaban J connectivity index is 2.37. The van der Waals surface area contributed by atoms with Crippen molar-refractivity contribution in [3.63, 3.8) is 0 Å². The lowest BCUT2D eigenvalue weighted by molar-refractivity contribution is 0.595. The molecule has 0 spiro atoms. The van der Waals surface area contributed by atoms with Gasteiger partial charge in [-0.2, -0.15) is 0 Å². The summed E-state index contributed by atoms with van der Waals surface area (Å²) < 4.78 is 1.73. The van der Waals surface area contributed by atoms with Crippen LogP contribution in [0.15, 0.2) is 24.9 Å². The molecule has 0 radical (unpaired) electrons. The van der Waals surface area contributed by atoms with Crippen LogP contribution in [0.1, 0.15) is 17.3 Å². The van der Waals surface area contributed by atoms with E-state index in [1.54, 1.807) is 23.3 Å². The molecule has 0 bridgehead atoms. The predicted octanol–water partition coefficient (Wildman–Crippen LogP) is -0.0861. The molecule has 0 aliphatic carbocycles. The highest BCUT2D eigenvalue weighted by Crippen LogP contribution is 2.17. The fraction of sp³-hybridized carbons (Fsp3) is 0.333. The Morgan fingerprint density at radius 3 is 2.53 bits per heavy atom. The van der Waals surface area contributed by atoms with E-state index in [-0.39, 0.29) is 6.04 Å². The van der Waals surface area contributed by atoms with E-state index in [1.165, 1.54) is 6.33 Å². The molecule has 2 aromatic heterocycles. The molecule has 0 aliphatic rings. The molecule has 1 N–H and O–H groups in total. The van der Waals surface area contributed by atoms with Gasteiger partial charge in [-0.15, -0.1) is 5.10 Å². The Morgan fingerprint density at radius 2 is 2.00 bits per heavy atom. The minimum atomic E-state index is 0.0196. The number of nitrogens with one attached hydrogen (secondary N) is 1. The molecule has 0 saturated carbocycles. The molecule has 6 heteroatoms. The van der Waals surface area contributed by atoms with Crippen LogP contribution in [0.3, 0.4) is 0 Å². The van der Waals surface area contributed by atoms with Crippen LogP contribution in [-0.2, 0) is 7.05 Å². The van der Waals surface area contributed by atoms with Gasteiger partial charge in [0.2, 0.25) is 0 Å². The Kier molecular flexibility index (Phi) is 2.68. The van der Waals surface area contributed by atoms with Crippen molar-refractivity contribution in [3.05, 3.63) is 36.2 Å². The highest BCUT2D eigenvalue weighted by molar-refractivity contribution is 5.20. The third-order valence-electron chi connectivity index (χ3n) is 2.25. The first-order chi connectivity index (χ1) is 7.33. The Hall–Kier alpha value is -1.82. The standard InChI is InChI=1S/C9H12N6/c1-10-9(7-3-11-6-12-4-7)8-5-13-14-15(8)2/h3-6,9-10H,1-2H3. The van der Waals surface area contributed by atoms with Crippen LogP contribution in [0.5, 0.6) is 0 Å². The summed E-state index contributed by atoms with van der Waals surface area (Å²) in [5, 5.41) is 10.9. The van der Waals surface area contributed by atoms with Crippen molar-refractivity contribution in [2.24, 2.45) is 7.05 Å². The molecule has 1 unspecified atom stereocenters. The lowest BCUT2D eigenvalue weighted by Gasteiger charge is -2.14. The van der Waals surface area contributed by atoms with E-state index in [0.29, 0.717) is 0 Å². The van der Waals surface area contributed by atoms with Gasteiger partial charge in [0, 0.05) is 25.0 Å². The zero-order chi connectivity index (χ0) is 10.7. The third kappa shape index (κ3) is 1.84. The van der Waals surface area contributed by atoms with Crippen molar-refractivity contribution in [3.8, 4) is 0 Å². The molecule has 15 heavy (non-hydrogen) atoms. The Bertz CT molecular complexity index is 423. The summed E-state index contributed by atoms with van der Waals surface area (Å²) in [4.78, 5) is 7.98. The Labute approximate surface area is 87.4 Å². The predicted molar refractivity (Wildman–Crippen MR) is 53.9 cm³/mol. The number of hydrogen-bond donors (Lipinski definition) is 1. The van der Waals surface area contributed by atoms with Gasteiger partial charge in [-0.3, -0.25) is 4.68 Å². The van der Waals surface area contributed by atoms with Gasteiger partial charge in [-0.1, -0.05) is 5.21 Å². The molecule has 0 amide bonds. The van der Waals surface area contributed by atoms with E-state index in [0.717, 1.165) is 11.3 Å². The molecule has 0 aromatic carbocycles. The molecule has 2 rings (SSSR count). The van der Waals surface area contributed by atoms with Crippen molar-refractivity contribution >= 4 is 0 Å². The average Bonchev–Trinajstić information content (AvgIpc) is 2.68. The van der Waals surface area contributed by atoms with Crippen LogP contribution in [0, 0.1) is 0 Å². The summed E-state index contributed by atoms with van der Waals surface area (Å²) in [6.45, 7) is 0. The summed E-state index contributed by atoms with van der Waals surface area (Å²) in [7, 11) is 3.74. The van der Waals surface area contributed by atoms with Gasteiger partial charge in [0.25, 0.3) is 0 Å². The van der Waals surface area contributed by atoms with E-state index in [4.69, 9.17) is 0 Å². The number of hydrogen-bond acceptors (Lipinski definition) is 5. The third-order valence-corrected chi connectivity index (χ3v) is 2.25. The van der Waals surface area contributed by atoms with E-state index in [9.17, 15) is 0 Å². The molecule has 2 heterocycles. The minimum Gasteiger partial charge on any atom is -0.308 e. The molecule has 0 aliphatic heterocycles. The summed E-state index contributed by atoms with van der Waals surface area (Å²) in [6, 6.07) is 0.0196. The SMILES string of the molecule is CNC(c1cncnc1)c1cnnn1C. The highest BCUT2D eigenvalue weighted by Gasteiger charge is 2.16. The van der Waals surface area contributed by atoms with E-state index >= 15 is 0 Å². The van der Waals surface area contributed by atoms with E-state index in [1.807, 2.05) is 14.1 Å². The van der Waals surface area contributed by atoms with Crippen LogP contribution in [0.2, 0.25) is 0 Å². The summed E-state index contributed by atoms with van der Waals surface area (Å²) in [5.74, 6) is 0. The normalized spacial score (nSPS) is 12.7. The smallest absolute Gasteiger partial charge is 0.115 e. The van der Waals surface area contributed by atoms with Crippen molar-refractivity contribution < 1.29 is 0 Å². The van der Waals surface area contributed by atoms with Crippen molar-refractivity contribution in [1.82, 2.24) is 30.3 Å². The van der Waals surface area contributed by atoms with Gasteiger partial charge in [0.1, 0.15) is 6.33 Å². The largest absolute Gasteiger partial charge is 0.308 e. The molecule has 0 fully saturated rings. The second-order valence-corrected chi connectivity index (χ2v) is 3.18. The van der Waals surface area contributed by atoms with Gasteiger partial charge in [-0.25, -0.2) is 9.97 Å². The monoisotopic (exact) mass is 204 g/mol. The summed E-state index contributed by atoms with van der Waals surface area (Å²) in [6.07, 6.45) is 6.80. The maximum absolute atomic E-state index is 3.99. The first-order valence-electron chi connectivity index (χ1n) is 4.59. The number of aryl methyl sites for hydroxylation is 1. The fourth-order valence-corrected chi connectivity index (χ4v) is 1.50. The van der Waals surface area contributed by atoms with Gasteiger partial charge < -0.3 is 5.32 Å². The zero-order valence-electron chi connectivity index (χ0n) is 8.62. The second-order valence-electron chi connectivity index (χ2n) is 3.18. The summed E-state index contributed by atoms with van der Waals surface area (Å²) >= 11 is 0. The van der Waals surface area contributed by atoms with Gasteiger partial charge in [0.15, 0.2) is 0 Å². The van der Waals surface area contributed by atoms with Crippen LogP contribution < -0.4 is 5.32 Å². The second kappa shape index (κ2) is 4.14. The molecular weight excluding hydrogens is 192 g/mol. The van der Waals surface area contributed by atoms with Gasteiger partial charge in [-0.05, 0) is 7.05 Å².